The summed E-state index contributed by atoms with van der Waals surface area (Å²) in [6.07, 6.45) is 3.61. The molecule has 2 fully saturated rings. The van der Waals surface area contributed by atoms with E-state index in [0.717, 1.165) is 32.0 Å². The van der Waals surface area contributed by atoms with Crippen molar-refractivity contribution in [3.05, 3.63) is 29.0 Å². The summed E-state index contributed by atoms with van der Waals surface area (Å²) in [5.41, 5.74) is 0.744. The number of anilines is 1. The van der Waals surface area contributed by atoms with Gasteiger partial charge in [0.05, 0.1) is 10.7 Å². The van der Waals surface area contributed by atoms with Crippen LogP contribution in [0, 0.1) is 11.7 Å². The molecule has 4 heteroatoms. The average molecular weight is 283 g/mol. The molecule has 2 nitrogen and oxygen atoms in total. The van der Waals surface area contributed by atoms with Gasteiger partial charge in [0.15, 0.2) is 5.82 Å². The molecule has 19 heavy (non-hydrogen) atoms. The van der Waals surface area contributed by atoms with Crippen molar-refractivity contribution in [3.8, 4) is 0 Å². The van der Waals surface area contributed by atoms with Gasteiger partial charge in [-0.1, -0.05) is 17.7 Å². The maximum absolute atomic E-state index is 14.2. The zero-order valence-electron chi connectivity index (χ0n) is 11.3. The van der Waals surface area contributed by atoms with Crippen molar-refractivity contribution in [1.29, 1.82) is 0 Å². The fourth-order valence-corrected chi connectivity index (χ4v) is 3.28. The Balaban J connectivity index is 1.88. The molecular weight excluding hydrogens is 263 g/mol. The lowest BCUT2D eigenvalue weighted by atomic mass is 9.95. The first-order valence-electron chi connectivity index (χ1n) is 7.04. The van der Waals surface area contributed by atoms with Crippen molar-refractivity contribution in [2.45, 2.75) is 31.7 Å². The van der Waals surface area contributed by atoms with E-state index in [1.807, 2.05) is 12.1 Å². The van der Waals surface area contributed by atoms with Crippen LogP contribution in [0.4, 0.5) is 10.1 Å². The Morgan fingerprint density at radius 3 is 2.95 bits per heavy atom. The number of halogens is 2. The van der Waals surface area contributed by atoms with Gasteiger partial charge in [0.1, 0.15) is 0 Å². The van der Waals surface area contributed by atoms with Gasteiger partial charge in [0.2, 0.25) is 0 Å². The molecule has 0 spiro atoms. The molecule has 1 heterocycles. The van der Waals surface area contributed by atoms with Gasteiger partial charge in [-0.05, 0) is 50.8 Å². The first kappa shape index (κ1) is 13.2. The molecule has 2 aliphatic rings. The fraction of sp³-hybridized carbons (Fsp3) is 0.600. The van der Waals surface area contributed by atoms with Crippen LogP contribution in [0.15, 0.2) is 18.2 Å². The van der Waals surface area contributed by atoms with E-state index in [-0.39, 0.29) is 16.4 Å². The Kier molecular flexibility index (Phi) is 3.44. The van der Waals surface area contributed by atoms with Crippen LogP contribution in [0.2, 0.25) is 5.02 Å². The van der Waals surface area contributed by atoms with Crippen LogP contribution in [0.5, 0.6) is 0 Å². The van der Waals surface area contributed by atoms with E-state index in [2.05, 4.69) is 17.1 Å². The minimum atomic E-state index is -0.288. The maximum atomic E-state index is 14.2. The molecule has 3 rings (SSSR count). The zero-order chi connectivity index (χ0) is 13.5. The van der Waals surface area contributed by atoms with Crippen LogP contribution in [-0.2, 0) is 0 Å². The van der Waals surface area contributed by atoms with Gasteiger partial charge < -0.3 is 10.2 Å². The molecule has 1 N–H and O–H groups in total. The molecule has 1 unspecified atom stereocenters. The Morgan fingerprint density at radius 1 is 1.42 bits per heavy atom. The van der Waals surface area contributed by atoms with Crippen LogP contribution >= 0.6 is 11.6 Å². The fourth-order valence-electron chi connectivity index (χ4n) is 3.11. The normalized spacial score (nSPS) is 28.3. The predicted molar refractivity (Wildman–Crippen MR) is 77.4 cm³/mol. The topological polar surface area (TPSA) is 15.3 Å². The number of rotatable bonds is 2. The summed E-state index contributed by atoms with van der Waals surface area (Å²) < 4.78 is 14.2. The van der Waals surface area contributed by atoms with Gasteiger partial charge in [0, 0.05) is 18.6 Å². The van der Waals surface area contributed by atoms with E-state index in [9.17, 15) is 4.39 Å². The quantitative estimate of drug-likeness (QED) is 0.894. The van der Waals surface area contributed by atoms with Gasteiger partial charge in [-0.3, -0.25) is 0 Å². The van der Waals surface area contributed by atoms with Gasteiger partial charge >= 0.3 is 0 Å². The van der Waals surface area contributed by atoms with E-state index in [1.165, 1.54) is 12.8 Å². The predicted octanol–water partition coefficient (Wildman–Crippen LogP) is 3.45. The van der Waals surface area contributed by atoms with Crippen LogP contribution in [0.25, 0.3) is 0 Å². The van der Waals surface area contributed by atoms with Crippen LogP contribution in [0.3, 0.4) is 0 Å². The van der Waals surface area contributed by atoms with Gasteiger partial charge in [-0.15, -0.1) is 0 Å². The lowest BCUT2D eigenvalue weighted by Crippen LogP contribution is -2.51. The SMILES string of the molecule is CC1(C2CC2)CN(c2cccc(Cl)c2F)CCCN1. The molecule has 0 amide bonds. The second-order valence-electron chi connectivity index (χ2n) is 5.97. The first-order valence-corrected chi connectivity index (χ1v) is 7.42. The Hall–Kier alpha value is -0.800. The highest BCUT2D eigenvalue weighted by atomic mass is 35.5. The van der Waals surface area contributed by atoms with E-state index >= 15 is 0 Å². The smallest absolute Gasteiger partial charge is 0.165 e. The minimum Gasteiger partial charge on any atom is -0.367 e. The molecule has 1 aliphatic carbocycles. The third kappa shape index (κ3) is 2.59. The molecule has 0 aromatic heterocycles. The lowest BCUT2D eigenvalue weighted by Gasteiger charge is -2.35. The van der Waals surface area contributed by atoms with Crippen LogP contribution < -0.4 is 10.2 Å². The molecule has 1 aromatic carbocycles. The lowest BCUT2D eigenvalue weighted by molar-refractivity contribution is 0.331. The van der Waals surface area contributed by atoms with Crippen molar-refractivity contribution in [3.63, 3.8) is 0 Å². The van der Waals surface area contributed by atoms with Crippen LogP contribution in [-0.4, -0.2) is 25.2 Å². The van der Waals surface area contributed by atoms with Crippen LogP contribution in [0.1, 0.15) is 26.2 Å². The molecule has 1 aliphatic heterocycles. The van der Waals surface area contributed by atoms with Gasteiger partial charge in [0.25, 0.3) is 0 Å². The highest BCUT2D eigenvalue weighted by Gasteiger charge is 2.43. The summed E-state index contributed by atoms with van der Waals surface area (Å²) in [7, 11) is 0. The molecule has 0 bridgehead atoms. The highest BCUT2D eigenvalue weighted by Crippen LogP contribution is 2.41. The molecule has 104 valence electrons. The second kappa shape index (κ2) is 4.95. The number of nitrogens with one attached hydrogen (secondary N) is 1. The third-order valence-corrected chi connectivity index (χ3v) is 4.70. The maximum Gasteiger partial charge on any atom is 0.165 e. The molecule has 1 aromatic rings. The summed E-state index contributed by atoms with van der Waals surface area (Å²) in [5.74, 6) is 0.444. The zero-order valence-corrected chi connectivity index (χ0v) is 12.0. The van der Waals surface area contributed by atoms with E-state index in [0.29, 0.717) is 5.69 Å². The van der Waals surface area contributed by atoms with Crippen molar-refractivity contribution < 1.29 is 4.39 Å². The molecule has 0 radical (unpaired) electrons. The minimum absolute atomic E-state index is 0.102. The van der Waals surface area contributed by atoms with Gasteiger partial charge in [-0.25, -0.2) is 4.39 Å². The average Bonchev–Trinajstić information content (AvgIpc) is 3.20. The molecule has 1 saturated heterocycles. The number of hydrogen-bond acceptors (Lipinski definition) is 2. The summed E-state index contributed by atoms with van der Waals surface area (Å²) in [5, 5.41) is 3.87. The van der Waals surface area contributed by atoms with Crippen molar-refractivity contribution >= 4 is 17.3 Å². The Morgan fingerprint density at radius 2 is 2.21 bits per heavy atom. The van der Waals surface area contributed by atoms with Crippen molar-refractivity contribution in [2.24, 2.45) is 5.92 Å². The van der Waals surface area contributed by atoms with E-state index in [4.69, 9.17) is 11.6 Å². The summed E-state index contributed by atoms with van der Waals surface area (Å²) in [6.45, 7) is 5.01. The summed E-state index contributed by atoms with van der Waals surface area (Å²) in [4.78, 5) is 2.15. The molecule has 1 atom stereocenters. The number of benzene rings is 1. The molecule has 1 saturated carbocycles. The van der Waals surface area contributed by atoms with Gasteiger partial charge in [-0.2, -0.15) is 0 Å². The standard InChI is InChI=1S/C15H20ClFN2/c1-15(11-6-7-11)10-19(9-3-8-18-15)13-5-2-4-12(16)14(13)17/h2,4-5,11,18H,3,6-10H2,1H3. The van der Waals surface area contributed by atoms with Crippen molar-refractivity contribution in [2.75, 3.05) is 24.5 Å². The summed E-state index contributed by atoms with van der Waals surface area (Å²) >= 11 is 5.90. The Labute approximate surface area is 118 Å². The largest absolute Gasteiger partial charge is 0.367 e. The van der Waals surface area contributed by atoms with Crippen molar-refractivity contribution in [1.82, 2.24) is 5.32 Å². The van der Waals surface area contributed by atoms with E-state index < -0.39 is 0 Å². The monoisotopic (exact) mass is 282 g/mol. The summed E-state index contributed by atoms with van der Waals surface area (Å²) in [6, 6.07) is 5.27. The molecular formula is C15H20ClFN2. The highest BCUT2D eigenvalue weighted by molar-refractivity contribution is 6.31. The number of hydrogen-bond donors (Lipinski definition) is 1. The number of nitrogens with zero attached hydrogens (tertiary/aromatic N) is 1. The second-order valence-corrected chi connectivity index (χ2v) is 6.37. The first-order chi connectivity index (χ1) is 9.10. The third-order valence-electron chi connectivity index (χ3n) is 4.40. The van der Waals surface area contributed by atoms with E-state index in [1.54, 1.807) is 6.07 Å². The Bertz CT molecular complexity index is 475.